The molecule has 0 aliphatic carbocycles. The van der Waals surface area contributed by atoms with Gasteiger partial charge in [0.05, 0.1) is 11.4 Å². The highest BCUT2D eigenvalue weighted by Crippen LogP contribution is 2.29. The Morgan fingerprint density at radius 1 is 0.964 bits per heavy atom. The van der Waals surface area contributed by atoms with Crippen LogP contribution in [-0.2, 0) is 12.0 Å². The molecule has 0 radical (unpaired) electrons. The Kier molecular flexibility index (Phi) is 7.52. The molecule has 1 N–H and O–H groups in total. The van der Waals surface area contributed by atoms with Crippen LogP contribution in [0, 0.1) is 0 Å². The quantitative estimate of drug-likeness (QED) is 0.674. The van der Waals surface area contributed by atoms with E-state index in [1.54, 1.807) is 0 Å². The summed E-state index contributed by atoms with van der Waals surface area (Å²) in [5, 5.41) is 3.43. The summed E-state index contributed by atoms with van der Waals surface area (Å²) in [5.41, 5.74) is 6.13. The van der Waals surface area contributed by atoms with Crippen molar-refractivity contribution in [1.29, 1.82) is 0 Å². The summed E-state index contributed by atoms with van der Waals surface area (Å²) in [5.74, 6) is 0. The van der Waals surface area contributed by atoms with Gasteiger partial charge in [-0.05, 0) is 23.1 Å². The highest BCUT2D eigenvalue weighted by Gasteiger charge is 2.19. The number of hydrogen-bond acceptors (Lipinski definition) is 3. The maximum Gasteiger partial charge on any atom is 0.137 e. The molecule has 0 spiro atoms. The number of pyridine rings is 1. The van der Waals surface area contributed by atoms with E-state index in [0.717, 1.165) is 44.1 Å². The molecule has 3 heterocycles. The Hall–Kier alpha value is -1.59. The minimum absolute atomic E-state index is 0. The molecule has 4 nitrogen and oxygen atoms in total. The van der Waals surface area contributed by atoms with Gasteiger partial charge in [0.1, 0.15) is 5.65 Å². The first-order valence-electron chi connectivity index (χ1n) is 9.52. The summed E-state index contributed by atoms with van der Waals surface area (Å²) in [6, 6.07) is 15.2. The third-order valence-electron chi connectivity index (χ3n) is 5.24. The maximum atomic E-state index is 4.96. The fraction of sp³-hybridized carbons (Fsp3) is 0.409. The van der Waals surface area contributed by atoms with Crippen molar-refractivity contribution < 1.29 is 0 Å². The standard InChI is InChI=1S/C22H28N4.2ClH/c1-22(2,3)18-9-7-17(8-10-18)21-19(16-25-14-11-23-12-15-25)26-13-5-4-6-20(26)24-21;;/h4-10,13,23H,11-12,14-16H2,1-3H3;2*1H. The van der Waals surface area contributed by atoms with Crippen LogP contribution in [0.25, 0.3) is 16.9 Å². The molecule has 2 aromatic heterocycles. The first-order valence-corrected chi connectivity index (χ1v) is 9.52. The normalized spacial score (nSPS) is 15.1. The second-order valence-electron chi connectivity index (χ2n) is 8.19. The van der Waals surface area contributed by atoms with Crippen LogP contribution in [0.3, 0.4) is 0 Å². The van der Waals surface area contributed by atoms with E-state index in [-0.39, 0.29) is 30.2 Å². The predicted molar refractivity (Wildman–Crippen MR) is 122 cm³/mol. The molecule has 28 heavy (non-hydrogen) atoms. The molecular formula is C22H30Cl2N4. The molecule has 0 unspecified atom stereocenters. The summed E-state index contributed by atoms with van der Waals surface area (Å²) >= 11 is 0. The molecule has 152 valence electrons. The van der Waals surface area contributed by atoms with Crippen LogP contribution in [0.5, 0.6) is 0 Å². The average Bonchev–Trinajstić information content (AvgIpc) is 3.01. The van der Waals surface area contributed by atoms with Crippen molar-refractivity contribution in [3.63, 3.8) is 0 Å². The minimum Gasteiger partial charge on any atom is -0.314 e. The zero-order chi connectivity index (χ0) is 18.1. The van der Waals surface area contributed by atoms with E-state index in [4.69, 9.17) is 4.98 Å². The number of halogens is 2. The Labute approximate surface area is 180 Å². The molecule has 1 saturated heterocycles. The molecular weight excluding hydrogens is 391 g/mol. The SMILES string of the molecule is CC(C)(C)c1ccc(-c2nc3ccccn3c2CN2CCNCC2)cc1.Cl.Cl. The van der Waals surface area contributed by atoms with Gasteiger partial charge in [0, 0.05) is 44.5 Å². The lowest BCUT2D eigenvalue weighted by Gasteiger charge is -2.27. The van der Waals surface area contributed by atoms with E-state index in [9.17, 15) is 0 Å². The van der Waals surface area contributed by atoms with Crippen LogP contribution in [0.1, 0.15) is 32.0 Å². The zero-order valence-corrected chi connectivity index (χ0v) is 18.4. The smallest absolute Gasteiger partial charge is 0.137 e. The molecule has 0 saturated carbocycles. The second-order valence-corrected chi connectivity index (χ2v) is 8.19. The van der Waals surface area contributed by atoms with Crippen molar-refractivity contribution in [3.8, 4) is 11.3 Å². The summed E-state index contributed by atoms with van der Waals surface area (Å²) < 4.78 is 2.25. The number of nitrogens with zero attached hydrogens (tertiary/aromatic N) is 3. The van der Waals surface area contributed by atoms with Crippen molar-refractivity contribution >= 4 is 30.5 Å². The Morgan fingerprint density at radius 2 is 1.64 bits per heavy atom. The van der Waals surface area contributed by atoms with Gasteiger partial charge in [-0.25, -0.2) is 4.98 Å². The lowest BCUT2D eigenvalue weighted by molar-refractivity contribution is 0.230. The maximum absolute atomic E-state index is 4.96. The van der Waals surface area contributed by atoms with Gasteiger partial charge in [0.2, 0.25) is 0 Å². The highest BCUT2D eigenvalue weighted by atomic mass is 35.5. The van der Waals surface area contributed by atoms with Crippen molar-refractivity contribution in [3.05, 3.63) is 59.9 Å². The van der Waals surface area contributed by atoms with Gasteiger partial charge in [-0.3, -0.25) is 4.90 Å². The third kappa shape index (κ3) is 4.69. The van der Waals surface area contributed by atoms with Crippen LogP contribution in [-0.4, -0.2) is 40.5 Å². The van der Waals surface area contributed by atoms with Crippen LogP contribution in [0.2, 0.25) is 0 Å². The number of fused-ring (bicyclic) bond motifs is 1. The van der Waals surface area contributed by atoms with Crippen LogP contribution >= 0.6 is 24.8 Å². The van der Waals surface area contributed by atoms with Gasteiger partial charge in [-0.2, -0.15) is 0 Å². The molecule has 0 amide bonds. The zero-order valence-electron chi connectivity index (χ0n) is 16.8. The molecule has 0 bridgehead atoms. The number of benzene rings is 1. The van der Waals surface area contributed by atoms with Crippen molar-refractivity contribution in [2.75, 3.05) is 26.2 Å². The van der Waals surface area contributed by atoms with Crippen LogP contribution in [0.15, 0.2) is 48.7 Å². The Morgan fingerprint density at radius 3 is 2.29 bits per heavy atom. The third-order valence-corrected chi connectivity index (χ3v) is 5.24. The summed E-state index contributed by atoms with van der Waals surface area (Å²) in [6.45, 7) is 12.0. The number of imidazole rings is 1. The van der Waals surface area contributed by atoms with Gasteiger partial charge in [0.25, 0.3) is 0 Å². The van der Waals surface area contributed by atoms with Gasteiger partial charge >= 0.3 is 0 Å². The van der Waals surface area contributed by atoms with E-state index >= 15 is 0 Å². The summed E-state index contributed by atoms with van der Waals surface area (Å²) in [7, 11) is 0. The highest BCUT2D eigenvalue weighted by molar-refractivity contribution is 5.85. The van der Waals surface area contributed by atoms with Gasteiger partial charge in [-0.1, -0.05) is 51.1 Å². The van der Waals surface area contributed by atoms with E-state index in [1.165, 1.54) is 16.8 Å². The van der Waals surface area contributed by atoms with Crippen LogP contribution < -0.4 is 5.32 Å². The largest absolute Gasteiger partial charge is 0.314 e. The lowest BCUT2D eigenvalue weighted by atomic mass is 9.86. The molecule has 0 atom stereocenters. The monoisotopic (exact) mass is 420 g/mol. The van der Waals surface area contributed by atoms with Gasteiger partial charge in [-0.15, -0.1) is 24.8 Å². The topological polar surface area (TPSA) is 32.6 Å². The van der Waals surface area contributed by atoms with E-state index in [2.05, 4.69) is 84.1 Å². The molecule has 3 aromatic rings. The minimum atomic E-state index is 0. The number of hydrogen-bond donors (Lipinski definition) is 1. The molecule has 1 aliphatic rings. The Bertz CT molecular complexity index is 891. The number of rotatable bonds is 3. The molecule has 6 heteroatoms. The molecule has 1 fully saturated rings. The molecule has 4 rings (SSSR count). The summed E-state index contributed by atoms with van der Waals surface area (Å²) in [4.78, 5) is 7.47. The van der Waals surface area contributed by atoms with Crippen molar-refractivity contribution in [1.82, 2.24) is 19.6 Å². The predicted octanol–water partition coefficient (Wildman–Crippen LogP) is 4.55. The molecule has 1 aliphatic heterocycles. The number of piperazine rings is 1. The number of nitrogens with one attached hydrogen (secondary N) is 1. The second kappa shape index (κ2) is 9.27. The fourth-order valence-corrected chi connectivity index (χ4v) is 3.64. The van der Waals surface area contributed by atoms with Crippen LogP contribution in [0.4, 0.5) is 0 Å². The van der Waals surface area contributed by atoms with Crippen molar-refractivity contribution in [2.45, 2.75) is 32.7 Å². The van der Waals surface area contributed by atoms with Gasteiger partial charge < -0.3 is 9.72 Å². The summed E-state index contributed by atoms with van der Waals surface area (Å²) in [6.07, 6.45) is 2.13. The van der Waals surface area contributed by atoms with Crippen molar-refractivity contribution in [2.24, 2.45) is 0 Å². The number of aromatic nitrogens is 2. The van der Waals surface area contributed by atoms with E-state index in [1.807, 2.05) is 0 Å². The first-order chi connectivity index (χ1) is 12.5. The van der Waals surface area contributed by atoms with E-state index < -0.39 is 0 Å². The first kappa shape index (κ1) is 22.7. The van der Waals surface area contributed by atoms with Gasteiger partial charge in [0.15, 0.2) is 0 Å². The van der Waals surface area contributed by atoms with E-state index in [0.29, 0.717) is 0 Å². The Balaban J connectivity index is 0.00000140. The lowest BCUT2D eigenvalue weighted by Crippen LogP contribution is -2.43. The molecule has 1 aromatic carbocycles. The average molecular weight is 421 g/mol. The fourth-order valence-electron chi connectivity index (χ4n) is 3.64.